The second-order valence-corrected chi connectivity index (χ2v) is 4.53. The van der Waals surface area contributed by atoms with Crippen LogP contribution in [0.2, 0.25) is 0 Å². The van der Waals surface area contributed by atoms with Crippen LogP contribution in [0, 0.1) is 12.3 Å². The second kappa shape index (κ2) is 5.90. The van der Waals surface area contributed by atoms with Gasteiger partial charge in [-0.25, -0.2) is 0 Å². The molecule has 0 bridgehead atoms. The van der Waals surface area contributed by atoms with Gasteiger partial charge < -0.3 is 9.73 Å². The maximum atomic E-state index is 5.53. The van der Waals surface area contributed by atoms with Gasteiger partial charge in [-0.2, -0.15) is 0 Å². The lowest BCUT2D eigenvalue weighted by Gasteiger charge is -2.17. The fourth-order valence-electron chi connectivity index (χ4n) is 1.84. The molecule has 1 aromatic rings. The molecule has 3 heteroatoms. The van der Waals surface area contributed by atoms with Crippen LogP contribution in [-0.4, -0.2) is 24.0 Å². The van der Waals surface area contributed by atoms with Crippen molar-refractivity contribution in [1.29, 1.82) is 0 Å². The Hall–Kier alpha value is -1.24. The summed E-state index contributed by atoms with van der Waals surface area (Å²) in [5.74, 6) is 3.74. The zero-order valence-corrected chi connectivity index (χ0v) is 10.4. The molecular weight excluding hydrogens is 212 g/mol. The highest BCUT2D eigenvalue weighted by molar-refractivity contribution is 5.17. The number of hydrogen-bond donors (Lipinski definition) is 1. The van der Waals surface area contributed by atoms with Crippen molar-refractivity contribution >= 4 is 0 Å². The summed E-state index contributed by atoms with van der Waals surface area (Å²) in [7, 11) is 0. The van der Waals surface area contributed by atoms with E-state index in [9.17, 15) is 0 Å². The molecule has 1 aromatic heterocycles. The Balaban J connectivity index is 1.89. The summed E-state index contributed by atoms with van der Waals surface area (Å²) < 4.78 is 5.53. The van der Waals surface area contributed by atoms with Gasteiger partial charge >= 0.3 is 0 Å². The Morgan fingerprint density at radius 3 is 3.06 bits per heavy atom. The third-order valence-electron chi connectivity index (χ3n) is 3.12. The molecule has 1 heterocycles. The van der Waals surface area contributed by atoms with E-state index in [1.807, 2.05) is 6.07 Å². The van der Waals surface area contributed by atoms with Crippen molar-refractivity contribution in [2.75, 3.05) is 13.1 Å². The van der Waals surface area contributed by atoms with Gasteiger partial charge in [0.05, 0.1) is 19.4 Å². The van der Waals surface area contributed by atoms with Crippen LogP contribution in [0.15, 0.2) is 16.7 Å². The van der Waals surface area contributed by atoms with Gasteiger partial charge in [0, 0.05) is 18.2 Å². The topological polar surface area (TPSA) is 28.4 Å². The van der Waals surface area contributed by atoms with E-state index in [-0.39, 0.29) is 0 Å². The average molecular weight is 232 g/mol. The van der Waals surface area contributed by atoms with E-state index in [0.29, 0.717) is 12.6 Å². The molecule has 0 radical (unpaired) electrons. The lowest BCUT2D eigenvalue weighted by Crippen LogP contribution is -2.24. The van der Waals surface area contributed by atoms with Gasteiger partial charge in [-0.1, -0.05) is 12.8 Å². The maximum absolute atomic E-state index is 5.53. The van der Waals surface area contributed by atoms with Gasteiger partial charge in [0.1, 0.15) is 5.76 Å². The second-order valence-electron chi connectivity index (χ2n) is 4.53. The van der Waals surface area contributed by atoms with Crippen LogP contribution < -0.4 is 5.32 Å². The summed E-state index contributed by atoms with van der Waals surface area (Å²) in [6.45, 7) is 5.49. The molecular formula is C14H20N2O. The lowest BCUT2D eigenvalue weighted by atomic mass is 10.2. The summed E-state index contributed by atoms with van der Waals surface area (Å²) in [6, 6.07) is 2.75. The minimum Gasteiger partial charge on any atom is -0.468 e. The van der Waals surface area contributed by atoms with Crippen molar-refractivity contribution in [3.8, 4) is 12.3 Å². The molecule has 0 spiro atoms. The number of nitrogens with one attached hydrogen (secondary N) is 1. The zero-order chi connectivity index (χ0) is 12.1. The SMILES string of the molecule is C#CCN(CC)Cc1ccoc1CNC1CC1. The molecule has 0 aromatic carbocycles. The van der Waals surface area contributed by atoms with E-state index in [0.717, 1.165) is 25.4 Å². The first-order valence-electron chi connectivity index (χ1n) is 6.28. The minimum atomic E-state index is 0.692. The monoisotopic (exact) mass is 232 g/mol. The van der Waals surface area contributed by atoms with Crippen LogP contribution in [0.3, 0.4) is 0 Å². The molecule has 1 aliphatic rings. The summed E-state index contributed by atoms with van der Waals surface area (Å²) >= 11 is 0. The summed E-state index contributed by atoms with van der Waals surface area (Å²) in [5, 5.41) is 3.47. The van der Waals surface area contributed by atoms with Crippen LogP contribution in [0.5, 0.6) is 0 Å². The Kier molecular flexibility index (Phi) is 4.24. The van der Waals surface area contributed by atoms with Crippen molar-refractivity contribution in [3.63, 3.8) is 0 Å². The molecule has 17 heavy (non-hydrogen) atoms. The first-order chi connectivity index (χ1) is 8.33. The van der Waals surface area contributed by atoms with Crippen molar-refractivity contribution in [2.24, 2.45) is 0 Å². The van der Waals surface area contributed by atoms with E-state index < -0.39 is 0 Å². The number of furan rings is 1. The van der Waals surface area contributed by atoms with Crippen LogP contribution in [0.1, 0.15) is 31.1 Å². The third kappa shape index (κ3) is 3.62. The predicted octanol–water partition coefficient (Wildman–Crippen LogP) is 1.99. The van der Waals surface area contributed by atoms with Gasteiger partial charge in [-0.05, 0) is 25.5 Å². The molecule has 0 atom stereocenters. The molecule has 1 fully saturated rings. The van der Waals surface area contributed by atoms with E-state index in [2.05, 4.69) is 23.1 Å². The predicted molar refractivity (Wildman–Crippen MR) is 68.4 cm³/mol. The van der Waals surface area contributed by atoms with Crippen molar-refractivity contribution in [1.82, 2.24) is 10.2 Å². The van der Waals surface area contributed by atoms with Crippen molar-refractivity contribution in [3.05, 3.63) is 23.7 Å². The number of rotatable bonds is 7. The molecule has 0 unspecified atom stereocenters. The summed E-state index contributed by atoms with van der Waals surface area (Å²) in [4.78, 5) is 2.23. The summed E-state index contributed by atoms with van der Waals surface area (Å²) in [6.07, 6.45) is 9.72. The van der Waals surface area contributed by atoms with E-state index >= 15 is 0 Å². The quantitative estimate of drug-likeness (QED) is 0.729. The van der Waals surface area contributed by atoms with Gasteiger partial charge in [-0.15, -0.1) is 6.42 Å². The van der Waals surface area contributed by atoms with Crippen LogP contribution in [-0.2, 0) is 13.1 Å². The average Bonchev–Trinajstić information content (AvgIpc) is 3.07. The fourth-order valence-corrected chi connectivity index (χ4v) is 1.84. The van der Waals surface area contributed by atoms with Crippen molar-refractivity contribution < 1.29 is 4.42 Å². The highest BCUT2D eigenvalue weighted by Gasteiger charge is 2.21. The highest BCUT2D eigenvalue weighted by atomic mass is 16.3. The lowest BCUT2D eigenvalue weighted by molar-refractivity contribution is 0.312. The van der Waals surface area contributed by atoms with Gasteiger partial charge in [0.2, 0.25) is 0 Å². The Morgan fingerprint density at radius 1 is 1.59 bits per heavy atom. The molecule has 0 amide bonds. The maximum Gasteiger partial charge on any atom is 0.122 e. The van der Waals surface area contributed by atoms with Crippen LogP contribution >= 0.6 is 0 Å². The fraction of sp³-hybridized carbons (Fsp3) is 0.571. The molecule has 3 nitrogen and oxygen atoms in total. The number of terminal acetylenes is 1. The molecule has 92 valence electrons. The van der Waals surface area contributed by atoms with Crippen molar-refractivity contribution in [2.45, 2.75) is 38.9 Å². The molecule has 1 N–H and O–H groups in total. The van der Waals surface area contributed by atoms with Crippen LogP contribution in [0.25, 0.3) is 0 Å². The van der Waals surface area contributed by atoms with E-state index in [1.165, 1.54) is 18.4 Å². The third-order valence-corrected chi connectivity index (χ3v) is 3.12. The Labute approximate surface area is 103 Å². The number of nitrogens with zero attached hydrogens (tertiary/aromatic N) is 1. The van der Waals surface area contributed by atoms with E-state index in [1.54, 1.807) is 6.26 Å². The first-order valence-corrected chi connectivity index (χ1v) is 6.28. The van der Waals surface area contributed by atoms with Gasteiger partial charge in [0.15, 0.2) is 0 Å². The largest absolute Gasteiger partial charge is 0.468 e. The zero-order valence-electron chi connectivity index (χ0n) is 10.4. The standard InChI is InChI=1S/C14H20N2O/c1-3-8-16(4-2)11-12-7-9-17-14(12)10-15-13-5-6-13/h1,7,9,13,15H,4-6,8,10-11H2,2H3. The highest BCUT2D eigenvalue weighted by Crippen LogP contribution is 2.20. The van der Waals surface area contributed by atoms with Crippen LogP contribution in [0.4, 0.5) is 0 Å². The normalized spacial score (nSPS) is 15.1. The van der Waals surface area contributed by atoms with Gasteiger partial charge in [0.25, 0.3) is 0 Å². The molecule has 1 aliphatic carbocycles. The number of hydrogen-bond acceptors (Lipinski definition) is 3. The molecule has 2 rings (SSSR count). The van der Waals surface area contributed by atoms with Gasteiger partial charge in [-0.3, -0.25) is 4.90 Å². The first kappa shape index (κ1) is 12.2. The molecule has 1 saturated carbocycles. The Morgan fingerprint density at radius 2 is 2.41 bits per heavy atom. The minimum absolute atomic E-state index is 0.692. The summed E-state index contributed by atoms with van der Waals surface area (Å²) in [5.41, 5.74) is 1.25. The molecule has 0 aliphatic heterocycles. The van der Waals surface area contributed by atoms with E-state index in [4.69, 9.17) is 10.8 Å². The smallest absolute Gasteiger partial charge is 0.122 e. The Bertz CT molecular complexity index is 387. The molecule has 0 saturated heterocycles.